The van der Waals surface area contributed by atoms with Gasteiger partial charge >= 0.3 is 5.97 Å². The third-order valence-corrected chi connectivity index (χ3v) is 3.61. The minimum Gasteiger partial charge on any atom is -0.462 e. The minimum absolute atomic E-state index is 0.287. The van der Waals surface area contributed by atoms with Crippen LogP contribution in [0, 0.1) is 0 Å². The summed E-state index contributed by atoms with van der Waals surface area (Å²) in [6.45, 7) is 2.65. The Morgan fingerprint density at radius 3 is 3.11 bits per heavy atom. The van der Waals surface area contributed by atoms with Crippen LogP contribution in [0.4, 0.5) is 0 Å². The smallest absolute Gasteiger partial charge is 0.337 e. The third-order valence-electron chi connectivity index (χ3n) is 2.63. The van der Waals surface area contributed by atoms with Gasteiger partial charge in [-0.05, 0) is 41.5 Å². The Kier molecular flexibility index (Phi) is 4.33. The average Bonchev–Trinajstić information content (AvgIpc) is 2.81. The molecule has 2 rings (SSSR count). The number of esters is 1. The molecule has 1 aromatic rings. The Labute approximate surface area is 115 Å². The molecule has 0 amide bonds. The van der Waals surface area contributed by atoms with Crippen molar-refractivity contribution in [3.63, 3.8) is 0 Å². The molecule has 0 saturated heterocycles. The first-order chi connectivity index (χ1) is 8.66. The lowest BCUT2D eigenvalue weighted by atomic mass is 10.2. The Morgan fingerprint density at radius 1 is 1.61 bits per heavy atom. The first-order valence-corrected chi connectivity index (χ1v) is 6.94. The van der Waals surface area contributed by atoms with Crippen molar-refractivity contribution in [2.75, 3.05) is 13.2 Å². The van der Waals surface area contributed by atoms with Gasteiger partial charge in [0.15, 0.2) is 5.11 Å². The maximum Gasteiger partial charge on any atom is 0.337 e. The van der Waals surface area contributed by atoms with Crippen molar-refractivity contribution in [3.05, 3.63) is 33.7 Å². The molecule has 4 nitrogen and oxygen atoms in total. The van der Waals surface area contributed by atoms with Gasteiger partial charge in [0.1, 0.15) is 0 Å². The molecule has 0 atom stereocenters. The summed E-state index contributed by atoms with van der Waals surface area (Å²) in [7, 11) is 0. The zero-order valence-corrected chi connectivity index (χ0v) is 11.6. The molecule has 0 spiro atoms. The molecule has 0 fully saturated rings. The van der Waals surface area contributed by atoms with Crippen molar-refractivity contribution < 1.29 is 9.53 Å². The van der Waals surface area contributed by atoms with Gasteiger partial charge in [-0.25, -0.2) is 4.79 Å². The highest BCUT2D eigenvalue weighted by molar-refractivity contribution is 7.80. The molecule has 96 valence electrons. The van der Waals surface area contributed by atoms with Gasteiger partial charge in [0.25, 0.3) is 0 Å². The molecular weight excluding hydrogens is 268 g/mol. The van der Waals surface area contributed by atoms with E-state index in [9.17, 15) is 4.79 Å². The molecular formula is C12H14N2O2S2. The number of ether oxygens (including phenoxy) is 1. The molecule has 2 N–H and O–H groups in total. The fraction of sp³-hybridized carbons (Fsp3) is 0.333. The minimum atomic E-state index is -0.287. The fourth-order valence-corrected chi connectivity index (χ4v) is 2.53. The average molecular weight is 282 g/mol. The van der Waals surface area contributed by atoms with E-state index in [4.69, 9.17) is 17.0 Å². The van der Waals surface area contributed by atoms with Crippen molar-refractivity contribution >= 4 is 34.6 Å². The zero-order valence-electron chi connectivity index (χ0n) is 9.99. The second-order valence-electron chi connectivity index (χ2n) is 3.93. The summed E-state index contributed by atoms with van der Waals surface area (Å²) in [5.74, 6) is -0.287. The van der Waals surface area contributed by atoms with Gasteiger partial charge in [0.05, 0.1) is 18.7 Å². The van der Waals surface area contributed by atoms with Crippen LogP contribution in [0.25, 0.3) is 0 Å². The van der Waals surface area contributed by atoms with Gasteiger partial charge in [-0.3, -0.25) is 0 Å². The first-order valence-electron chi connectivity index (χ1n) is 5.59. The lowest BCUT2D eigenvalue weighted by Crippen LogP contribution is -2.43. The van der Waals surface area contributed by atoms with E-state index in [-0.39, 0.29) is 5.97 Å². The Balaban J connectivity index is 1.84. The van der Waals surface area contributed by atoms with Gasteiger partial charge in [-0.1, -0.05) is 0 Å². The maximum atomic E-state index is 11.8. The van der Waals surface area contributed by atoms with Crippen LogP contribution in [-0.2, 0) is 16.0 Å². The Bertz CT molecular complexity index is 480. The van der Waals surface area contributed by atoms with Crippen LogP contribution in [0.5, 0.6) is 0 Å². The number of rotatable bonds is 4. The molecule has 0 aliphatic carbocycles. The monoisotopic (exact) mass is 282 g/mol. The largest absolute Gasteiger partial charge is 0.462 e. The summed E-state index contributed by atoms with van der Waals surface area (Å²) in [6.07, 6.45) is 0.751. The van der Waals surface area contributed by atoms with E-state index in [1.807, 2.05) is 18.4 Å². The summed E-state index contributed by atoms with van der Waals surface area (Å²) in [5, 5.41) is 10.4. The van der Waals surface area contributed by atoms with Crippen LogP contribution in [0.2, 0.25) is 0 Å². The van der Waals surface area contributed by atoms with Crippen molar-refractivity contribution in [3.8, 4) is 0 Å². The van der Waals surface area contributed by atoms with Crippen LogP contribution < -0.4 is 10.6 Å². The van der Waals surface area contributed by atoms with Crippen LogP contribution in [0.1, 0.15) is 12.5 Å². The third kappa shape index (κ3) is 3.30. The number of allylic oxidation sites excluding steroid dienone is 1. The standard InChI is InChI=1S/C12H14N2O2S2/c1-8-10(6-13-12(17)14-8)11(15)16-4-2-9-3-5-18-7-9/h3,5,7H,2,4,6H2,1H3,(H2,13,14,17). The van der Waals surface area contributed by atoms with Crippen molar-refractivity contribution in [1.29, 1.82) is 0 Å². The predicted octanol–water partition coefficient (Wildman–Crippen LogP) is 1.59. The van der Waals surface area contributed by atoms with Crippen LogP contribution in [-0.4, -0.2) is 24.2 Å². The highest BCUT2D eigenvalue weighted by atomic mass is 32.1. The lowest BCUT2D eigenvalue weighted by molar-refractivity contribution is -0.139. The van der Waals surface area contributed by atoms with Crippen molar-refractivity contribution in [1.82, 2.24) is 10.6 Å². The van der Waals surface area contributed by atoms with E-state index >= 15 is 0 Å². The predicted molar refractivity (Wildman–Crippen MR) is 75.4 cm³/mol. The maximum absolute atomic E-state index is 11.8. The lowest BCUT2D eigenvalue weighted by Gasteiger charge is -2.20. The number of carbonyl (C=O) groups is 1. The number of carbonyl (C=O) groups excluding carboxylic acids is 1. The number of hydrogen-bond acceptors (Lipinski definition) is 4. The number of thiophene rings is 1. The molecule has 0 aromatic carbocycles. The van der Waals surface area contributed by atoms with E-state index in [0.29, 0.717) is 23.8 Å². The summed E-state index contributed by atoms with van der Waals surface area (Å²) >= 11 is 6.60. The molecule has 0 bridgehead atoms. The molecule has 0 unspecified atom stereocenters. The number of thiocarbonyl (C=S) groups is 1. The molecule has 0 radical (unpaired) electrons. The zero-order chi connectivity index (χ0) is 13.0. The van der Waals surface area contributed by atoms with Gasteiger partial charge in [-0.2, -0.15) is 11.3 Å². The summed E-state index contributed by atoms with van der Waals surface area (Å²) in [6, 6.07) is 2.03. The van der Waals surface area contributed by atoms with Crippen LogP contribution in [0.3, 0.4) is 0 Å². The Hall–Kier alpha value is -1.40. The van der Waals surface area contributed by atoms with E-state index in [2.05, 4.69) is 16.0 Å². The molecule has 1 aliphatic heterocycles. The van der Waals surface area contributed by atoms with E-state index < -0.39 is 0 Å². The van der Waals surface area contributed by atoms with E-state index in [1.165, 1.54) is 5.56 Å². The molecule has 1 aromatic heterocycles. The number of nitrogens with one attached hydrogen (secondary N) is 2. The summed E-state index contributed by atoms with van der Waals surface area (Å²) < 4.78 is 5.25. The molecule has 1 aliphatic rings. The van der Waals surface area contributed by atoms with Crippen LogP contribution >= 0.6 is 23.6 Å². The van der Waals surface area contributed by atoms with Crippen molar-refractivity contribution in [2.24, 2.45) is 0 Å². The fourth-order valence-electron chi connectivity index (χ4n) is 1.60. The Morgan fingerprint density at radius 2 is 2.44 bits per heavy atom. The highest BCUT2D eigenvalue weighted by Gasteiger charge is 2.19. The summed E-state index contributed by atoms with van der Waals surface area (Å²) in [4.78, 5) is 11.8. The number of hydrogen-bond donors (Lipinski definition) is 2. The quantitative estimate of drug-likeness (QED) is 0.649. The first kappa shape index (κ1) is 13.0. The van der Waals surface area contributed by atoms with E-state index in [0.717, 1.165) is 12.1 Å². The van der Waals surface area contributed by atoms with E-state index in [1.54, 1.807) is 11.3 Å². The van der Waals surface area contributed by atoms with Gasteiger partial charge in [0, 0.05) is 12.1 Å². The molecule has 0 saturated carbocycles. The highest BCUT2D eigenvalue weighted by Crippen LogP contribution is 2.09. The molecule has 18 heavy (non-hydrogen) atoms. The van der Waals surface area contributed by atoms with Gasteiger partial charge in [0.2, 0.25) is 0 Å². The van der Waals surface area contributed by atoms with Crippen LogP contribution in [0.15, 0.2) is 28.1 Å². The normalized spacial score (nSPS) is 15.1. The van der Waals surface area contributed by atoms with Gasteiger partial charge < -0.3 is 15.4 Å². The second-order valence-corrected chi connectivity index (χ2v) is 5.12. The molecule has 6 heteroatoms. The second kappa shape index (κ2) is 5.97. The van der Waals surface area contributed by atoms with Crippen molar-refractivity contribution in [2.45, 2.75) is 13.3 Å². The van der Waals surface area contributed by atoms with Gasteiger partial charge in [-0.15, -0.1) is 0 Å². The summed E-state index contributed by atoms with van der Waals surface area (Å²) in [5.41, 5.74) is 2.56. The topological polar surface area (TPSA) is 50.4 Å². The molecule has 2 heterocycles. The SMILES string of the molecule is CC1=C(C(=O)OCCc2ccsc2)CNC(=S)N1.